The zero-order valence-corrected chi connectivity index (χ0v) is 11.9. The van der Waals surface area contributed by atoms with Crippen LogP contribution in [0.3, 0.4) is 0 Å². The van der Waals surface area contributed by atoms with E-state index in [0.29, 0.717) is 12.6 Å². The Morgan fingerprint density at radius 3 is 3.10 bits per heavy atom. The van der Waals surface area contributed by atoms with Gasteiger partial charge in [-0.1, -0.05) is 12.5 Å². The number of nitrogens with zero attached hydrogens (tertiary/aromatic N) is 2. The number of benzene rings is 1. The van der Waals surface area contributed by atoms with E-state index in [1.54, 1.807) is 0 Å². The maximum absolute atomic E-state index is 5.73. The molecular weight excluding hydrogens is 250 g/mol. The van der Waals surface area contributed by atoms with Gasteiger partial charge in [0.15, 0.2) is 0 Å². The highest BCUT2D eigenvalue weighted by Gasteiger charge is 2.25. The van der Waals surface area contributed by atoms with Crippen molar-refractivity contribution in [2.45, 2.75) is 44.9 Å². The minimum Gasteiger partial charge on any atom is -0.371 e. The Hall–Kier alpha value is -1.39. The van der Waals surface area contributed by atoms with Crippen molar-refractivity contribution < 1.29 is 4.74 Å². The average Bonchev–Trinajstić information content (AvgIpc) is 2.74. The van der Waals surface area contributed by atoms with Crippen LogP contribution in [0.5, 0.6) is 0 Å². The summed E-state index contributed by atoms with van der Waals surface area (Å²) in [6.45, 7) is 4.51. The Balaban J connectivity index is 1.65. The minimum absolute atomic E-state index is 0.368. The normalized spacial score (nSPS) is 22.8. The van der Waals surface area contributed by atoms with Crippen molar-refractivity contribution in [1.29, 1.82) is 0 Å². The predicted molar refractivity (Wildman–Crippen MR) is 78.8 cm³/mol. The highest BCUT2D eigenvalue weighted by molar-refractivity contribution is 5.77. The van der Waals surface area contributed by atoms with Crippen molar-refractivity contribution in [3.8, 4) is 0 Å². The number of aromatic nitrogens is 2. The van der Waals surface area contributed by atoms with Gasteiger partial charge in [0.1, 0.15) is 12.4 Å². The van der Waals surface area contributed by atoms with Crippen molar-refractivity contribution in [1.82, 2.24) is 14.9 Å². The summed E-state index contributed by atoms with van der Waals surface area (Å²) < 4.78 is 8.11. The summed E-state index contributed by atoms with van der Waals surface area (Å²) in [5, 5.41) is 3.67. The molecule has 0 bridgehead atoms. The van der Waals surface area contributed by atoms with Crippen LogP contribution in [0.25, 0.3) is 11.0 Å². The average molecular weight is 271 g/mol. The van der Waals surface area contributed by atoms with Gasteiger partial charge in [-0.15, -0.1) is 0 Å². The van der Waals surface area contributed by atoms with Crippen molar-refractivity contribution >= 4 is 11.0 Å². The fourth-order valence-electron chi connectivity index (χ4n) is 3.19. The van der Waals surface area contributed by atoms with Crippen LogP contribution in [0.15, 0.2) is 18.2 Å². The smallest absolute Gasteiger partial charge is 0.136 e. The van der Waals surface area contributed by atoms with Crippen LogP contribution in [-0.2, 0) is 11.3 Å². The van der Waals surface area contributed by atoms with Gasteiger partial charge < -0.3 is 14.6 Å². The lowest BCUT2D eigenvalue weighted by Crippen LogP contribution is -2.41. The van der Waals surface area contributed by atoms with Gasteiger partial charge in [0.25, 0.3) is 0 Å². The molecule has 1 aliphatic heterocycles. The lowest BCUT2D eigenvalue weighted by molar-refractivity contribution is 0.0546. The number of fused-ring (bicyclic) bond motifs is 3. The molecule has 0 amide bonds. The zero-order valence-electron chi connectivity index (χ0n) is 11.9. The Kier molecular flexibility index (Phi) is 3.00. The van der Waals surface area contributed by atoms with E-state index >= 15 is 0 Å². The molecule has 0 unspecified atom stereocenters. The van der Waals surface area contributed by atoms with E-state index in [9.17, 15) is 0 Å². The van der Waals surface area contributed by atoms with Gasteiger partial charge >= 0.3 is 0 Å². The summed E-state index contributed by atoms with van der Waals surface area (Å²) in [7, 11) is 0. The number of aryl methyl sites for hydroxylation is 1. The number of ether oxygens (including phenoxy) is 1. The molecule has 106 valence electrons. The van der Waals surface area contributed by atoms with E-state index in [1.807, 2.05) is 0 Å². The van der Waals surface area contributed by atoms with Gasteiger partial charge in [0.05, 0.1) is 23.7 Å². The van der Waals surface area contributed by atoms with Gasteiger partial charge in [-0.05, 0) is 37.5 Å². The lowest BCUT2D eigenvalue weighted by atomic mass is 9.93. The highest BCUT2D eigenvalue weighted by atomic mass is 16.5. The summed E-state index contributed by atoms with van der Waals surface area (Å²) >= 11 is 0. The fourth-order valence-corrected chi connectivity index (χ4v) is 3.19. The van der Waals surface area contributed by atoms with Crippen molar-refractivity contribution in [3.63, 3.8) is 0 Å². The topological polar surface area (TPSA) is 39.1 Å². The third kappa shape index (κ3) is 2.03. The second-order valence-corrected chi connectivity index (χ2v) is 6.10. The largest absolute Gasteiger partial charge is 0.371 e. The summed E-state index contributed by atoms with van der Waals surface area (Å²) in [5.74, 6) is 1.07. The van der Waals surface area contributed by atoms with E-state index in [4.69, 9.17) is 9.72 Å². The van der Waals surface area contributed by atoms with Crippen LogP contribution in [0, 0.1) is 6.92 Å². The first kappa shape index (κ1) is 12.4. The molecule has 0 saturated heterocycles. The molecule has 2 aliphatic rings. The number of hydrogen-bond donors (Lipinski definition) is 1. The monoisotopic (exact) mass is 271 g/mol. The number of imidazole rings is 1. The fraction of sp³-hybridized carbons (Fsp3) is 0.562. The van der Waals surface area contributed by atoms with Crippen molar-refractivity contribution in [2.75, 3.05) is 13.2 Å². The zero-order chi connectivity index (χ0) is 13.5. The van der Waals surface area contributed by atoms with E-state index in [0.717, 1.165) is 30.5 Å². The quantitative estimate of drug-likeness (QED) is 0.932. The highest BCUT2D eigenvalue weighted by Crippen LogP contribution is 2.27. The molecule has 1 N–H and O–H groups in total. The first-order valence-corrected chi connectivity index (χ1v) is 7.60. The SMILES string of the molecule is Cc1ccc2c(c1)nc1n2[C@@H](CNC2CCC2)COC1. The summed E-state index contributed by atoms with van der Waals surface area (Å²) in [6.07, 6.45) is 4.02. The Labute approximate surface area is 119 Å². The molecule has 1 aromatic carbocycles. The first-order chi connectivity index (χ1) is 9.81. The summed E-state index contributed by atoms with van der Waals surface area (Å²) in [5.41, 5.74) is 3.60. The molecule has 4 heteroatoms. The maximum atomic E-state index is 5.73. The summed E-state index contributed by atoms with van der Waals surface area (Å²) in [4.78, 5) is 4.74. The van der Waals surface area contributed by atoms with E-state index < -0.39 is 0 Å². The minimum atomic E-state index is 0.368. The van der Waals surface area contributed by atoms with Crippen LogP contribution in [0.2, 0.25) is 0 Å². The first-order valence-electron chi connectivity index (χ1n) is 7.60. The number of nitrogens with one attached hydrogen (secondary N) is 1. The van der Waals surface area contributed by atoms with Crippen LogP contribution in [-0.4, -0.2) is 28.7 Å². The van der Waals surface area contributed by atoms with Gasteiger partial charge in [-0.3, -0.25) is 0 Å². The van der Waals surface area contributed by atoms with E-state index in [-0.39, 0.29) is 0 Å². The molecular formula is C16H21N3O. The third-order valence-electron chi connectivity index (χ3n) is 4.57. The molecule has 1 aromatic heterocycles. The van der Waals surface area contributed by atoms with Crippen LogP contribution < -0.4 is 5.32 Å². The number of rotatable bonds is 3. The molecule has 1 saturated carbocycles. The molecule has 2 aromatic rings. The van der Waals surface area contributed by atoms with E-state index in [1.165, 1.54) is 30.3 Å². The Bertz CT molecular complexity index is 630. The Morgan fingerprint density at radius 2 is 2.30 bits per heavy atom. The molecule has 0 radical (unpaired) electrons. The van der Waals surface area contributed by atoms with Crippen LogP contribution in [0.1, 0.15) is 36.7 Å². The third-order valence-corrected chi connectivity index (χ3v) is 4.57. The molecule has 4 rings (SSSR count). The summed E-state index contributed by atoms with van der Waals surface area (Å²) in [6, 6.07) is 7.62. The maximum Gasteiger partial charge on any atom is 0.136 e. The molecule has 1 fully saturated rings. The van der Waals surface area contributed by atoms with Gasteiger partial charge in [0, 0.05) is 12.6 Å². The standard InChI is InChI=1S/C16H21N3O/c1-11-5-6-15-14(7-11)18-16-10-20-9-13(19(15)16)8-17-12-3-2-4-12/h5-7,12-13,17H,2-4,8-10H2,1H3/t13-/m0/s1. The van der Waals surface area contributed by atoms with Gasteiger partial charge in [0.2, 0.25) is 0 Å². The van der Waals surface area contributed by atoms with Crippen LogP contribution >= 0.6 is 0 Å². The molecule has 2 heterocycles. The molecule has 4 nitrogen and oxygen atoms in total. The molecule has 1 atom stereocenters. The number of hydrogen-bond acceptors (Lipinski definition) is 3. The van der Waals surface area contributed by atoms with Crippen molar-refractivity contribution in [3.05, 3.63) is 29.6 Å². The van der Waals surface area contributed by atoms with E-state index in [2.05, 4.69) is 35.0 Å². The van der Waals surface area contributed by atoms with Gasteiger partial charge in [-0.2, -0.15) is 0 Å². The lowest BCUT2D eigenvalue weighted by Gasteiger charge is -2.31. The second-order valence-electron chi connectivity index (χ2n) is 6.10. The van der Waals surface area contributed by atoms with Gasteiger partial charge in [-0.25, -0.2) is 4.98 Å². The molecule has 20 heavy (non-hydrogen) atoms. The predicted octanol–water partition coefficient (Wildman–Crippen LogP) is 2.56. The van der Waals surface area contributed by atoms with Crippen molar-refractivity contribution in [2.24, 2.45) is 0 Å². The second kappa shape index (κ2) is 4.86. The molecule has 0 spiro atoms. The Morgan fingerprint density at radius 1 is 1.40 bits per heavy atom. The van der Waals surface area contributed by atoms with Crippen LogP contribution in [0.4, 0.5) is 0 Å². The molecule has 1 aliphatic carbocycles.